The second-order valence-electron chi connectivity index (χ2n) is 2.77. The highest BCUT2D eigenvalue weighted by molar-refractivity contribution is 5.44. The van der Waals surface area contributed by atoms with Crippen LogP contribution in [0.4, 0.5) is 0 Å². The summed E-state index contributed by atoms with van der Waals surface area (Å²) in [6, 6.07) is 5.07. The minimum atomic E-state index is -0.419. The second kappa shape index (κ2) is 2.24. The van der Waals surface area contributed by atoms with Gasteiger partial charge in [0.1, 0.15) is 5.75 Å². The van der Waals surface area contributed by atoms with E-state index in [0.29, 0.717) is 6.42 Å². The van der Waals surface area contributed by atoms with Crippen molar-refractivity contribution in [3.8, 4) is 5.75 Å². The highest BCUT2D eigenvalue weighted by Crippen LogP contribution is 2.34. The molecule has 1 aromatic carbocycles. The molecule has 11 heavy (non-hydrogen) atoms. The van der Waals surface area contributed by atoms with Crippen molar-refractivity contribution in [2.75, 3.05) is 0 Å². The summed E-state index contributed by atoms with van der Waals surface area (Å²) in [6.45, 7) is 0. The maximum atomic E-state index is 9.36. The van der Waals surface area contributed by atoms with E-state index in [9.17, 15) is 5.11 Å². The number of hydrogen-bond donors (Lipinski definition) is 2. The lowest BCUT2D eigenvalue weighted by Crippen LogP contribution is -1.88. The van der Waals surface area contributed by atoms with E-state index in [1.165, 1.54) is 0 Å². The van der Waals surface area contributed by atoms with Crippen LogP contribution in [-0.2, 0) is 0 Å². The summed E-state index contributed by atoms with van der Waals surface area (Å²) in [5, 5.41) is 18.5. The van der Waals surface area contributed by atoms with E-state index in [1.54, 1.807) is 12.1 Å². The van der Waals surface area contributed by atoms with Gasteiger partial charge in [0, 0.05) is 0 Å². The van der Waals surface area contributed by atoms with Crippen LogP contribution in [0.15, 0.2) is 18.2 Å². The van der Waals surface area contributed by atoms with Crippen molar-refractivity contribution in [1.82, 2.24) is 0 Å². The van der Waals surface area contributed by atoms with Gasteiger partial charge in [0.2, 0.25) is 0 Å². The third kappa shape index (κ3) is 0.994. The lowest BCUT2D eigenvalue weighted by molar-refractivity contribution is 0.186. The molecule has 2 rings (SSSR count). The molecule has 0 spiro atoms. The number of rotatable bonds is 0. The van der Waals surface area contributed by atoms with E-state index in [-0.39, 0.29) is 5.75 Å². The topological polar surface area (TPSA) is 40.5 Å². The first kappa shape index (κ1) is 6.68. The molecular formula is C9H9O2. The summed E-state index contributed by atoms with van der Waals surface area (Å²) in [6.07, 6.45) is 2.22. The van der Waals surface area contributed by atoms with E-state index >= 15 is 0 Å². The number of phenolic OH excluding ortho intramolecular Hbond substituents is 1. The van der Waals surface area contributed by atoms with Gasteiger partial charge in [-0.1, -0.05) is 6.07 Å². The van der Waals surface area contributed by atoms with Gasteiger partial charge in [-0.2, -0.15) is 0 Å². The molecule has 1 aromatic rings. The number of aliphatic hydroxyl groups excluding tert-OH is 1. The Labute approximate surface area is 65.1 Å². The summed E-state index contributed by atoms with van der Waals surface area (Å²) in [5.41, 5.74) is 1.88. The van der Waals surface area contributed by atoms with Gasteiger partial charge in [-0.25, -0.2) is 0 Å². The number of aliphatic hydroxyl groups is 1. The van der Waals surface area contributed by atoms with Crippen molar-refractivity contribution >= 4 is 0 Å². The van der Waals surface area contributed by atoms with Crippen molar-refractivity contribution in [2.24, 2.45) is 0 Å². The standard InChI is InChI=1S/C9H9O2/c10-7-3-1-6-2-4-9(11)8(6)5-7/h1-3,5,9-11H,4H2. The third-order valence-electron chi connectivity index (χ3n) is 1.99. The number of fused-ring (bicyclic) bond motifs is 1. The second-order valence-corrected chi connectivity index (χ2v) is 2.77. The Hall–Kier alpha value is -1.02. The van der Waals surface area contributed by atoms with Gasteiger partial charge in [-0.3, -0.25) is 0 Å². The molecule has 2 N–H and O–H groups in total. The summed E-state index contributed by atoms with van der Waals surface area (Å²) < 4.78 is 0. The van der Waals surface area contributed by atoms with Gasteiger partial charge in [0.05, 0.1) is 6.10 Å². The third-order valence-corrected chi connectivity index (χ3v) is 1.99. The van der Waals surface area contributed by atoms with Crippen LogP contribution < -0.4 is 0 Å². The first-order valence-electron chi connectivity index (χ1n) is 3.61. The lowest BCUT2D eigenvalue weighted by atomic mass is 10.1. The Morgan fingerprint density at radius 3 is 3.00 bits per heavy atom. The molecular weight excluding hydrogens is 140 g/mol. The average molecular weight is 149 g/mol. The SMILES string of the molecule is Oc1ccc2c(c1)C(O)C[CH]2. The normalized spacial score (nSPS) is 21.7. The lowest BCUT2D eigenvalue weighted by Gasteiger charge is -2.02. The fourth-order valence-corrected chi connectivity index (χ4v) is 1.40. The van der Waals surface area contributed by atoms with Crippen LogP contribution >= 0.6 is 0 Å². The van der Waals surface area contributed by atoms with Crippen molar-refractivity contribution in [3.63, 3.8) is 0 Å². The van der Waals surface area contributed by atoms with Gasteiger partial charge in [0.15, 0.2) is 0 Å². The molecule has 1 atom stereocenters. The van der Waals surface area contributed by atoms with Crippen LogP contribution in [0.3, 0.4) is 0 Å². The molecule has 0 fully saturated rings. The van der Waals surface area contributed by atoms with Gasteiger partial charge in [-0.05, 0) is 36.1 Å². The number of benzene rings is 1. The number of phenols is 1. The molecule has 0 amide bonds. The molecule has 0 aromatic heterocycles. The zero-order valence-electron chi connectivity index (χ0n) is 5.99. The smallest absolute Gasteiger partial charge is 0.115 e. The van der Waals surface area contributed by atoms with Crippen LogP contribution in [0.5, 0.6) is 5.75 Å². The molecule has 0 heterocycles. The highest BCUT2D eigenvalue weighted by Gasteiger charge is 2.20. The Morgan fingerprint density at radius 2 is 2.18 bits per heavy atom. The fraction of sp³-hybridized carbons (Fsp3) is 0.222. The molecule has 0 aliphatic heterocycles. The highest BCUT2D eigenvalue weighted by atomic mass is 16.3. The molecule has 1 aliphatic carbocycles. The first-order chi connectivity index (χ1) is 5.27. The number of aromatic hydroxyl groups is 1. The summed E-state index contributed by atoms with van der Waals surface area (Å²) in [4.78, 5) is 0. The Balaban J connectivity index is 2.52. The summed E-state index contributed by atoms with van der Waals surface area (Å²) in [5.74, 6) is 0.220. The predicted molar refractivity (Wildman–Crippen MR) is 41.1 cm³/mol. The molecule has 0 bridgehead atoms. The molecule has 57 valence electrons. The Kier molecular flexibility index (Phi) is 1.36. The monoisotopic (exact) mass is 149 g/mol. The van der Waals surface area contributed by atoms with E-state index in [2.05, 4.69) is 0 Å². The van der Waals surface area contributed by atoms with Gasteiger partial charge in [-0.15, -0.1) is 0 Å². The van der Waals surface area contributed by atoms with Gasteiger partial charge in [0.25, 0.3) is 0 Å². The van der Waals surface area contributed by atoms with E-state index in [0.717, 1.165) is 11.1 Å². The molecule has 2 heteroatoms. The average Bonchev–Trinajstić information content (AvgIpc) is 2.33. The predicted octanol–water partition coefficient (Wildman–Crippen LogP) is 1.38. The van der Waals surface area contributed by atoms with Crippen LogP contribution in [0.2, 0.25) is 0 Å². The van der Waals surface area contributed by atoms with Crippen LogP contribution in [0.1, 0.15) is 23.7 Å². The summed E-state index contributed by atoms with van der Waals surface area (Å²) in [7, 11) is 0. The fourth-order valence-electron chi connectivity index (χ4n) is 1.40. The largest absolute Gasteiger partial charge is 0.508 e. The minimum Gasteiger partial charge on any atom is -0.508 e. The first-order valence-corrected chi connectivity index (χ1v) is 3.61. The molecule has 1 unspecified atom stereocenters. The minimum absolute atomic E-state index is 0.220. The molecule has 0 saturated heterocycles. The maximum Gasteiger partial charge on any atom is 0.115 e. The summed E-state index contributed by atoms with van der Waals surface area (Å²) >= 11 is 0. The van der Waals surface area contributed by atoms with Gasteiger partial charge < -0.3 is 10.2 Å². The zero-order chi connectivity index (χ0) is 7.84. The Bertz CT molecular complexity index is 281. The molecule has 1 radical (unpaired) electrons. The van der Waals surface area contributed by atoms with E-state index in [1.807, 2.05) is 12.5 Å². The van der Waals surface area contributed by atoms with Gasteiger partial charge >= 0.3 is 0 Å². The molecule has 1 aliphatic rings. The van der Waals surface area contributed by atoms with E-state index < -0.39 is 6.10 Å². The van der Waals surface area contributed by atoms with Crippen LogP contribution in [0, 0.1) is 6.42 Å². The molecule has 2 nitrogen and oxygen atoms in total. The zero-order valence-corrected chi connectivity index (χ0v) is 5.99. The van der Waals surface area contributed by atoms with Crippen LogP contribution in [0.25, 0.3) is 0 Å². The van der Waals surface area contributed by atoms with Crippen molar-refractivity contribution in [1.29, 1.82) is 0 Å². The maximum absolute atomic E-state index is 9.36. The quantitative estimate of drug-likeness (QED) is 0.585. The van der Waals surface area contributed by atoms with Crippen molar-refractivity contribution in [2.45, 2.75) is 12.5 Å². The number of hydrogen-bond acceptors (Lipinski definition) is 2. The Morgan fingerprint density at radius 1 is 1.36 bits per heavy atom. The van der Waals surface area contributed by atoms with E-state index in [4.69, 9.17) is 5.11 Å². The van der Waals surface area contributed by atoms with Crippen LogP contribution in [-0.4, -0.2) is 10.2 Å². The molecule has 0 saturated carbocycles. The van der Waals surface area contributed by atoms with Crippen molar-refractivity contribution in [3.05, 3.63) is 35.7 Å². The van der Waals surface area contributed by atoms with Crippen molar-refractivity contribution < 1.29 is 10.2 Å².